The Hall–Kier alpha value is -3.09. The Morgan fingerprint density at radius 1 is 0.786 bits per heavy atom. The summed E-state index contributed by atoms with van der Waals surface area (Å²) in [5, 5.41) is 3.42. The van der Waals surface area contributed by atoms with E-state index in [0.717, 1.165) is 12.0 Å². The summed E-state index contributed by atoms with van der Waals surface area (Å²) in [5.41, 5.74) is 3.48. The van der Waals surface area contributed by atoms with E-state index in [-0.39, 0.29) is 11.5 Å². The Morgan fingerprint density at radius 3 is 1.61 bits per heavy atom. The van der Waals surface area contributed by atoms with E-state index in [9.17, 15) is 4.79 Å². The molecule has 1 N–H and O–H groups in total. The van der Waals surface area contributed by atoms with Gasteiger partial charge < -0.3 is 5.32 Å². The Kier molecular flexibility index (Phi) is 4.66. The standard InChI is InChI=1S/C26H25NO/c1-20(2)27-24(18-28)26(23-16-10-5-11-17-23)19-25(26,21-12-6-3-7-13-21)22-14-8-4-9-15-22/h3-17,20,27H,19H2,1-2H3. The molecule has 0 spiro atoms. The van der Waals surface area contributed by atoms with Crippen molar-refractivity contribution in [3.63, 3.8) is 0 Å². The lowest BCUT2D eigenvalue weighted by molar-refractivity contribution is 0.536. The first kappa shape index (κ1) is 18.3. The van der Waals surface area contributed by atoms with Gasteiger partial charge in [-0.3, -0.25) is 0 Å². The molecule has 1 fully saturated rings. The Balaban J connectivity index is 2.00. The molecule has 0 saturated heterocycles. The van der Waals surface area contributed by atoms with Gasteiger partial charge in [0.15, 0.2) is 0 Å². The van der Waals surface area contributed by atoms with Crippen LogP contribution in [0.1, 0.15) is 37.0 Å². The van der Waals surface area contributed by atoms with E-state index in [0.29, 0.717) is 5.70 Å². The second-order valence-corrected chi connectivity index (χ2v) is 7.86. The van der Waals surface area contributed by atoms with E-state index >= 15 is 0 Å². The highest BCUT2D eigenvalue weighted by Crippen LogP contribution is 2.71. The first-order valence-electron chi connectivity index (χ1n) is 9.84. The molecule has 1 atom stereocenters. The van der Waals surface area contributed by atoms with Gasteiger partial charge >= 0.3 is 0 Å². The fourth-order valence-electron chi connectivity index (χ4n) is 4.71. The van der Waals surface area contributed by atoms with Crippen molar-refractivity contribution in [2.75, 3.05) is 0 Å². The van der Waals surface area contributed by atoms with E-state index in [1.807, 2.05) is 30.3 Å². The molecule has 0 radical (unpaired) electrons. The van der Waals surface area contributed by atoms with Crippen LogP contribution in [0.5, 0.6) is 0 Å². The van der Waals surface area contributed by atoms with Crippen LogP contribution in [0.2, 0.25) is 0 Å². The van der Waals surface area contributed by atoms with Crippen molar-refractivity contribution in [2.45, 2.75) is 37.1 Å². The van der Waals surface area contributed by atoms with Crippen LogP contribution in [0.4, 0.5) is 0 Å². The summed E-state index contributed by atoms with van der Waals surface area (Å²) in [6.07, 6.45) is 0.836. The minimum Gasteiger partial charge on any atom is -0.376 e. The maximum atomic E-state index is 12.2. The topological polar surface area (TPSA) is 29.1 Å². The molecule has 1 unspecified atom stereocenters. The normalized spacial score (nSPS) is 19.7. The molecule has 1 saturated carbocycles. The second-order valence-electron chi connectivity index (χ2n) is 7.86. The molecule has 0 bridgehead atoms. The van der Waals surface area contributed by atoms with Gasteiger partial charge in [-0.05, 0) is 37.0 Å². The minimum atomic E-state index is -0.455. The van der Waals surface area contributed by atoms with Crippen LogP contribution in [0.3, 0.4) is 0 Å². The fraction of sp³-hybridized carbons (Fsp3) is 0.231. The lowest BCUT2D eigenvalue weighted by atomic mass is 9.75. The van der Waals surface area contributed by atoms with Crippen LogP contribution in [0.25, 0.3) is 0 Å². The molecule has 0 heterocycles. The zero-order valence-electron chi connectivity index (χ0n) is 16.4. The fourth-order valence-corrected chi connectivity index (χ4v) is 4.71. The number of nitrogens with one attached hydrogen (secondary N) is 1. The van der Waals surface area contributed by atoms with Crippen LogP contribution in [0, 0.1) is 0 Å². The summed E-state index contributed by atoms with van der Waals surface area (Å²) < 4.78 is 0. The van der Waals surface area contributed by atoms with Crippen LogP contribution < -0.4 is 5.32 Å². The van der Waals surface area contributed by atoms with Crippen molar-refractivity contribution in [1.82, 2.24) is 5.32 Å². The van der Waals surface area contributed by atoms with Gasteiger partial charge in [0.05, 0.1) is 5.41 Å². The number of carbonyl (C=O) groups excluding carboxylic acids is 1. The quantitative estimate of drug-likeness (QED) is 0.619. The van der Waals surface area contributed by atoms with Crippen molar-refractivity contribution in [3.05, 3.63) is 113 Å². The van der Waals surface area contributed by atoms with Crippen molar-refractivity contribution < 1.29 is 4.79 Å². The monoisotopic (exact) mass is 367 g/mol. The predicted octanol–water partition coefficient (Wildman–Crippen LogP) is 5.03. The average Bonchev–Trinajstić information content (AvgIpc) is 3.46. The molecule has 3 aromatic rings. The maximum Gasteiger partial charge on any atom is 0.146 e. The number of hydrogen-bond acceptors (Lipinski definition) is 2. The predicted molar refractivity (Wildman–Crippen MR) is 114 cm³/mol. The lowest BCUT2D eigenvalue weighted by Crippen LogP contribution is -2.36. The lowest BCUT2D eigenvalue weighted by Gasteiger charge is -2.30. The largest absolute Gasteiger partial charge is 0.376 e. The molecule has 0 aromatic heterocycles. The van der Waals surface area contributed by atoms with Crippen LogP contribution in [-0.4, -0.2) is 12.0 Å². The molecule has 28 heavy (non-hydrogen) atoms. The molecule has 140 valence electrons. The first-order chi connectivity index (χ1) is 13.6. The SMILES string of the molecule is CC(C)NC(=C=O)C1(c2ccccc2)CC1(c1ccccc1)c1ccccc1. The van der Waals surface area contributed by atoms with Crippen molar-refractivity contribution in [1.29, 1.82) is 0 Å². The van der Waals surface area contributed by atoms with Gasteiger partial charge in [-0.1, -0.05) is 91.0 Å². The van der Waals surface area contributed by atoms with Crippen LogP contribution in [0.15, 0.2) is 96.7 Å². The molecule has 2 nitrogen and oxygen atoms in total. The molecule has 1 aliphatic carbocycles. The Labute approximate surface area is 166 Å². The summed E-state index contributed by atoms with van der Waals surface area (Å²) >= 11 is 0. The Bertz CT molecular complexity index is 949. The van der Waals surface area contributed by atoms with Crippen LogP contribution >= 0.6 is 0 Å². The maximum absolute atomic E-state index is 12.2. The summed E-state index contributed by atoms with van der Waals surface area (Å²) in [5.74, 6) is 2.28. The molecule has 3 aromatic carbocycles. The van der Waals surface area contributed by atoms with Gasteiger partial charge in [0.25, 0.3) is 0 Å². The summed E-state index contributed by atoms with van der Waals surface area (Å²) in [4.78, 5) is 12.2. The summed E-state index contributed by atoms with van der Waals surface area (Å²) in [6, 6.07) is 31.6. The third-order valence-corrected chi connectivity index (χ3v) is 5.90. The second kappa shape index (κ2) is 7.14. The molecule has 4 rings (SSSR count). The summed E-state index contributed by atoms with van der Waals surface area (Å²) in [6.45, 7) is 4.12. The minimum absolute atomic E-state index is 0.155. The van der Waals surface area contributed by atoms with Gasteiger partial charge in [-0.25, -0.2) is 4.79 Å². The molecular formula is C26H25NO. The zero-order chi connectivity index (χ0) is 19.6. The van der Waals surface area contributed by atoms with E-state index in [4.69, 9.17) is 0 Å². The third kappa shape index (κ3) is 2.69. The molecule has 0 amide bonds. The van der Waals surface area contributed by atoms with Gasteiger partial charge in [0.2, 0.25) is 0 Å². The van der Waals surface area contributed by atoms with Gasteiger partial charge in [-0.2, -0.15) is 0 Å². The smallest absolute Gasteiger partial charge is 0.146 e. The molecular weight excluding hydrogens is 342 g/mol. The van der Waals surface area contributed by atoms with E-state index in [1.165, 1.54) is 11.1 Å². The van der Waals surface area contributed by atoms with E-state index in [2.05, 4.69) is 85.8 Å². The van der Waals surface area contributed by atoms with Crippen molar-refractivity contribution in [2.24, 2.45) is 0 Å². The molecule has 2 heteroatoms. The average molecular weight is 367 g/mol. The van der Waals surface area contributed by atoms with E-state index in [1.54, 1.807) is 0 Å². The number of hydrogen-bond donors (Lipinski definition) is 1. The number of rotatable bonds is 6. The molecule has 1 aliphatic rings. The van der Waals surface area contributed by atoms with Crippen LogP contribution in [-0.2, 0) is 15.6 Å². The third-order valence-electron chi connectivity index (χ3n) is 5.90. The highest BCUT2D eigenvalue weighted by molar-refractivity contribution is 5.71. The number of benzene rings is 3. The van der Waals surface area contributed by atoms with Gasteiger partial charge in [-0.15, -0.1) is 0 Å². The highest BCUT2D eigenvalue weighted by atomic mass is 16.1. The van der Waals surface area contributed by atoms with E-state index < -0.39 is 5.41 Å². The molecule has 0 aliphatic heterocycles. The first-order valence-corrected chi connectivity index (χ1v) is 9.84. The Morgan fingerprint density at radius 2 is 1.21 bits per heavy atom. The van der Waals surface area contributed by atoms with Gasteiger partial charge in [0.1, 0.15) is 11.6 Å². The van der Waals surface area contributed by atoms with Crippen molar-refractivity contribution >= 4 is 5.94 Å². The van der Waals surface area contributed by atoms with Crippen molar-refractivity contribution in [3.8, 4) is 0 Å². The number of allylic oxidation sites excluding steroid dienone is 1. The zero-order valence-corrected chi connectivity index (χ0v) is 16.4. The van der Waals surface area contributed by atoms with Gasteiger partial charge in [0, 0.05) is 11.5 Å². The summed E-state index contributed by atoms with van der Waals surface area (Å²) in [7, 11) is 0. The highest BCUT2D eigenvalue weighted by Gasteiger charge is 2.72.